The molecule has 0 unspecified atom stereocenters. The van der Waals surface area contributed by atoms with Gasteiger partial charge in [0.25, 0.3) is 5.91 Å². The van der Waals surface area contributed by atoms with Crippen molar-refractivity contribution < 1.29 is 9.90 Å². The SMILES string of the molecule is CC(C)(CO)NC(=O)c1ncc[nH]1. The summed E-state index contributed by atoms with van der Waals surface area (Å²) < 4.78 is 0. The summed E-state index contributed by atoms with van der Waals surface area (Å²) in [6.07, 6.45) is 3.07. The lowest BCUT2D eigenvalue weighted by Crippen LogP contribution is -2.46. The Morgan fingerprint density at radius 1 is 1.77 bits per heavy atom. The molecule has 1 rings (SSSR count). The zero-order valence-corrected chi connectivity index (χ0v) is 7.66. The Kier molecular flexibility index (Phi) is 2.67. The van der Waals surface area contributed by atoms with Crippen LogP contribution in [0.3, 0.4) is 0 Å². The monoisotopic (exact) mass is 183 g/mol. The van der Waals surface area contributed by atoms with Crippen LogP contribution in [0.2, 0.25) is 0 Å². The summed E-state index contributed by atoms with van der Waals surface area (Å²) in [5, 5.41) is 11.5. The van der Waals surface area contributed by atoms with Crippen LogP contribution in [0, 0.1) is 0 Å². The van der Waals surface area contributed by atoms with Gasteiger partial charge in [0.2, 0.25) is 0 Å². The molecule has 72 valence electrons. The minimum absolute atomic E-state index is 0.112. The van der Waals surface area contributed by atoms with Gasteiger partial charge in [-0.15, -0.1) is 0 Å². The van der Waals surface area contributed by atoms with Crippen molar-refractivity contribution in [1.82, 2.24) is 15.3 Å². The molecule has 3 N–H and O–H groups in total. The number of aliphatic hydroxyl groups excluding tert-OH is 1. The molecule has 5 nitrogen and oxygen atoms in total. The molecule has 5 heteroatoms. The van der Waals surface area contributed by atoms with Gasteiger partial charge >= 0.3 is 0 Å². The van der Waals surface area contributed by atoms with Gasteiger partial charge in [-0.2, -0.15) is 0 Å². The number of imidazole rings is 1. The molecular weight excluding hydrogens is 170 g/mol. The van der Waals surface area contributed by atoms with Crippen LogP contribution in [-0.2, 0) is 0 Å². The minimum atomic E-state index is -0.621. The molecule has 0 aliphatic carbocycles. The predicted molar refractivity (Wildman–Crippen MR) is 47.2 cm³/mol. The van der Waals surface area contributed by atoms with E-state index in [0.29, 0.717) is 0 Å². The standard InChI is InChI=1S/C8H13N3O2/c1-8(2,5-12)11-7(13)6-9-3-4-10-6/h3-4,12H,5H2,1-2H3,(H,9,10)(H,11,13). The molecule has 1 aromatic heterocycles. The van der Waals surface area contributed by atoms with Crippen LogP contribution in [-0.4, -0.2) is 33.1 Å². The fraction of sp³-hybridized carbons (Fsp3) is 0.500. The molecule has 1 aromatic rings. The van der Waals surface area contributed by atoms with Gasteiger partial charge in [0, 0.05) is 12.4 Å². The Bertz CT molecular complexity index is 280. The Hall–Kier alpha value is -1.36. The van der Waals surface area contributed by atoms with Gasteiger partial charge in [0.05, 0.1) is 12.1 Å². The number of hydrogen-bond acceptors (Lipinski definition) is 3. The van der Waals surface area contributed by atoms with E-state index in [9.17, 15) is 4.79 Å². The smallest absolute Gasteiger partial charge is 0.287 e. The Morgan fingerprint density at radius 3 is 2.92 bits per heavy atom. The third-order valence-corrected chi connectivity index (χ3v) is 1.56. The number of nitrogens with one attached hydrogen (secondary N) is 2. The maximum atomic E-state index is 11.4. The molecule has 0 aromatic carbocycles. The van der Waals surface area contributed by atoms with Crippen molar-refractivity contribution in [3.8, 4) is 0 Å². The lowest BCUT2D eigenvalue weighted by molar-refractivity contribution is 0.0859. The highest BCUT2D eigenvalue weighted by Gasteiger charge is 2.20. The number of rotatable bonds is 3. The largest absolute Gasteiger partial charge is 0.394 e. The van der Waals surface area contributed by atoms with Crippen molar-refractivity contribution in [2.45, 2.75) is 19.4 Å². The van der Waals surface area contributed by atoms with Gasteiger partial charge in [-0.3, -0.25) is 4.79 Å². The molecule has 0 saturated heterocycles. The zero-order valence-electron chi connectivity index (χ0n) is 7.66. The van der Waals surface area contributed by atoms with Crippen molar-refractivity contribution in [2.24, 2.45) is 0 Å². The van der Waals surface area contributed by atoms with Crippen LogP contribution >= 0.6 is 0 Å². The first-order chi connectivity index (χ1) is 6.05. The first-order valence-electron chi connectivity index (χ1n) is 3.98. The van der Waals surface area contributed by atoms with E-state index < -0.39 is 5.54 Å². The van der Waals surface area contributed by atoms with E-state index in [1.165, 1.54) is 6.20 Å². The molecule has 0 aliphatic heterocycles. The number of H-pyrrole nitrogens is 1. The van der Waals surface area contributed by atoms with Crippen LogP contribution in [0.4, 0.5) is 0 Å². The van der Waals surface area contributed by atoms with Crippen molar-refractivity contribution in [3.05, 3.63) is 18.2 Å². The van der Waals surface area contributed by atoms with E-state index in [1.807, 2.05) is 0 Å². The average molecular weight is 183 g/mol. The summed E-state index contributed by atoms with van der Waals surface area (Å²) in [4.78, 5) is 17.8. The molecule has 0 saturated carbocycles. The van der Waals surface area contributed by atoms with Crippen molar-refractivity contribution in [2.75, 3.05) is 6.61 Å². The van der Waals surface area contributed by atoms with Gasteiger partial charge in [0.1, 0.15) is 0 Å². The van der Waals surface area contributed by atoms with E-state index in [0.717, 1.165) is 0 Å². The molecule has 0 fully saturated rings. The van der Waals surface area contributed by atoms with E-state index in [2.05, 4.69) is 15.3 Å². The minimum Gasteiger partial charge on any atom is -0.394 e. The Balaban J connectivity index is 2.61. The number of amides is 1. The van der Waals surface area contributed by atoms with Gasteiger partial charge in [-0.05, 0) is 13.8 Å². The molecule has 0 spiro atoms. The Morgan fingerprint density at radius 2 is 2.46 bits per heavy atom. The second-order valence-corrected chi connectivity index (χ2v) is 3.43. The number of carbonyl (C=O) groups excluding carboxylic acids is 1. The highest BCUT2D eigenvalue weighted by molar-refractivity contribution is 5.90. The Labute approximate surface area is 76.2 Å². The third kappa shape index (κ3) is 2.55. The number of hydrogen-bond donors (Lipinski definition) is 3. The zero-order chi connectivity index (χ0) is 9.90. The van der Waals surface area contributed by atoms with E-state index in [4.69, 9.17) is 5.11 Å². The molecule has 1 amide bonds. The summed E-state index contributed by atoms with van der Waals surface area (Å²) >= 11 is 0. The summed E-state index contributed by atoms with van der Waals surface area (Å²) in [5.41, 5.74) is -0.621. The number of aliphatic hydroxyl groups is 1. The number of nitrogens with zero attached hydrogens (tertiary/aromatic N) is 1. The molecule has 0 aliphatic rings. The highest BCUT2D eigenvalue weighted by atomic mass is 16.3. The van der Waals surface area contributed by atoms with Crippen LogP contribution in [0.5, 0.6) is 0 Å². The summed E-state index contributed by atoms with van der Waals surface area (Å²) in [6.45, 7) is 3.35. The van der Waals surface area contributed by atoms with Gasteiger partial charge in [-0.1, -0.05) is 0 Å². The maximum Gasteiger partial charge on any atom is 0.287 e. The highest BCUT2D eigenvalue weighted by Crippen LogP contribution is 2.01. The molecule has 0 bridgehead atoms. The van der Waals surface area contributed by atoms with Gasteiger partial charge < -0.3 is 15.4 Å². The fourth-order valence-electron chi connectivity index (χ4n) is 0.796. The molecule has 1 heterocycles. The quantitative estimate of drug-likeness (QED) is 0.612. The average Bonchev–Trinajstić information content (AvgIpc) is 2.55. The lowest BCUT2D eigenvalue weighted by Gasteiger charge is -2.22. The molecule has 0 radical (unpaired) electrons. The van der Waals surface area contributed by atoms with E-state index in [1.54, 1.807) is 20.0 Å². The normalized spacial score (nSPS) is 11.3. The van der Waals surface area contributed by atoms with Gasteiger partial charge in [-0.25, -0.2) is 4.98 Å². The first kappa shape index (κ1) is 9.73. The molecular formula is C8H13N3O2. The van der Waals surface area contributed by atoms with E-state index >= 15 is 0 Å². The number of aromatic nitrogens is 2. The fourth-order valence-corrected chi connectivity index (χ4v) is 0.796. The van der Waals surface area contributed by atoms with Crippen molar-refractivity contribution >= 4 is 5.91 Å². The predicted octanol–water partition coefficient (Wildman–Crippen LogP) is -0.0896. The van der Waals surface area contributed by atoms with Crippen molar-refractivity contribution in [3.63, 3.8) is 0 Å². The van der Waals surface area contributed by atoms with Gasteiger partial charge in [0.15, 0.2) is 5.82 Å². The first-order valence-corrected chi connectivity index (χ1v) is 3.98. The van der Waals surface area contributed by atoms with Crippen LogP contribution in [0.15, 0.2) is 12.4 Å². The number of carbonyl (C=O) groups is 1. The topological polar surface area (TPSA) is 78.0 Å². The summed E-state index contributed by atoms with van der Waals surface area (Å²) in [5.74, 6) is -0.0643. The van der Waals surface area contributed by atoms with Crippen LogP contribution in [0.25, 0.3) is 0 Å². The second kappa shape index (κ2) is 3.57. The van der Waals surface area contributed by atoms with E-state index in [-0.39, 0.29) is 18.3 Å². The third-order valence-electron chi connectivity index (χ3n) is 1.56. The molecule has 0 atom stereocenters. The summed E-state index contributed by atoms with van der Waals surface area (Å²) in [7, 11) is 0. The maximum absolute atomic E-state index is 11.4. The van der Waals surface area contributed by atoms with Crippen molar-refractivity contribution in [1.29, 1.82) is 0 Å². The second-order valence-electron chi connectivity index (χ2n) is 3.43. The number of aromatic amines is 1. The lowest BCUT2D eigenvalue weighted by atomic mass is 10.1. The molecule has 13 heavy (non-hydrogen) atoms. The van der Waals surface area contributed by atoms with Crippen LogP contribution < -0.4 is 5.32 Å². The summed E-state index contributed by atoms with van der Waals surface area (Å²) in [6, 6.07) is 0. The van der Waals surface area contributed by atoms with Crippen LogP contribution in [0.1, 0.15) is 24.5 Å².